The number of carbonyl (C=O) groups is 2. The van der Waals surface area contributed by atoms with Gasteiger partial charge in [0.25, 0.3) is 0 Å². The van der Waals surface area contributed by atoms with E-state index >= 15 is 0 Å². The maximum Gasteiger partial charge on any atom is 0.309 e. The monoisotopic (exact) mass is 394 g/mol. The Morgan fingerprint density at radius 1 is 1.03 bits per heavy atom. The molecule has 0 aliphatic heterocycles. The molecule has 0 unspecified atom stereocenters. The lowest BCUT2D eigenvalue weighted by molar-refractivity contribution is -0.142. The van der Waals surface area contributed by atoms with Crippen LogP contribution in [0.15, 0.2) is 76.9 Å². The molecule has 2 rings (SSSR count). The second-order valence-electron chi connectivity index (χ2n) is 7.34. The van der Waals surface area contributed by atoms with Gasteiger partial charge in [-0.1, -0.05) is 60.2 Å². The van der Waals surface area contributed by atoms with E-state index in [-0.39, 0.29) is 24.8 Å². The van der Waals surface area contributed by atoms with Gasteiger partial charge in [0.15, 0.2) is 0 Å². The lowest BCUT2D eigenvalue weighted by Gasteiger charge is -2.19. The Balaban J connectivity index is 2.61. The highest BCUT2D eigenvalue weighted by Crippen LogP contribution is 2.39. The molecule has 4 nitrogen and oxygen atoms in total. The Bertz CT molecular complexity index is 856. The fourth-order valence-electron chi connectivity index (χ4n) is 3.79. The van der Waals surface area contributed by atoms with E-state index in [9.17, 15) is 9.59 Å². The summed E-state index contributed by atoms with van der Waals surface area (Å²) in [5.74, 6) is -0.592. The number of hydrogen-bond donors (Lipinski definition) is 0. The summed E-state index contributed by atoms with van der Waals surface area (Å²) in [6.07, 6.45) is 2.27. The third-order valence-corrected chi connectivity index (χ3v) is 4.91. The number of ether oxygens (including phenoxy) is 2. The van der Waals surface area contributed by atoms with Gasteiger partial charge in [-0.25, -0.2) is 0 Å². The molecule has 1 aliphatic rings. The fraction of sp³-hybridized carbons (Fsp3) is 0.360. The predicted molar refractivity (Wildman–Crippen MR) is 115 cm³/mol. The minimum absolute atomic E-state index is 0.139. The first-order valence-corrected chi connectivity index (χ1v) is 9.87. The molecule has 0 radical (unpaired) electrons. The van der Waals surface area contributed by atoms with Crippen molar-refractivity contribution in [1.82, 2.24) is 0 Å². The number of hydrogen-bond acceptors (Lipinski definition) is 4. The number of methoxy groups -OCH3 is 1. The normalized spacial score (nSPS) is 14.5. The largest absolute Gasteiger partial charge is 0.469 e. The van der Waals surface area contributed by atoms with E-state index in [1.807, 2.05) is 25.1 Å². The first kappa shape index (κ1) is 22.4. The lowest BCUT2D eigenvalue weighted by atomic mass is 9.87. The average Bonchev–Trinajstić information content (AvgIpc) is 2.78. The van der Waals surface area contributed by atoms with Crippen LogP contribution in [0.1, 0.15) is 45.1 Å². The highest BCUT2D eigenvalue weighted by atomic mass is 16.5. The Kier molecular flexibility index (Phi) is 8.20. The highest BCUT2D eigenvalue weighted by molar-refractivity contribution is 5.78. The van der Waals surface area contributed by atoms with Crippen LogP contribution in [0.2, 0.25) is 0 Å². The predicted octanol–water partition coefficient (Wildman–Crippen LogP) is 5.26. The van der Waals surface area contributed by atoms with Crippen LogP contribution in [0.3, 0.4) is 0 Å². The third-order valence-electron chi connectivity index (χ3n) is 4.91. The van der Waals surface area contributed by atoms with Crippen LogP contribution in [-0.4, -0.2) is 25.7 Å². The van der Waals surface area contributed by atoms with Crippen LogP contribution >= 0.6 is 0 Å². The van der Waals surface area contributed by atoms with E-state index in [0.29, 0.717) is 25.9 Å². The molecule has 0 bridgehead atoms. The van der Waals surface area contributed by atoms with Crippen molar-refractivity contribution in [2.24, 2.45) is 0 Å². The zero-order chi connectivity index (χ0) is 21.4. The quantitative estimate of drug-likeness (QED) is 0.445. The van der Waals surface area contributed by atoms with Gasteiger partial charge in [0.1, 0.15) is 0 Å². The standard InChI is InChI=1S/C25H30O4/c1-6-29-24(27)15-21-13-18(4)12-20(14-19-10-8-7-9-11-19)22(16-23(26)28-5)25(21)17(2)3/h7-11H,2,4,6,12-16H2,1,3,5H3. The van der Waals surface area contributed by atoms with Crippen molar-refractivity contribution in [3.8, 4) is 0 Å². The second-order valence-corrected chi connectivity index (χ2v) is 7.34. The molecule has 0 saturated heterocycles. The Hall–Kier alpha value is -2.88. The van der Waals surface area contributed by atoms with Gasteiger partial charge in [0.05, 0.1) is 26.6 Å². The average molecular weight is 395 g/mol. The molecule has 154 valence electrons. The zero-order valence-electron chi connectivity index (χ0n) is 17.7. The highest BCUT2D eigenvalue weighted by Gasteiger charge is 2.25. The second kappa shape index (κ2) is 10.6. The van der Waals surface area contributed by atoms with Gasteiger partial charge in [-0.3, -0.25) is 9.59 Å². The summed E-state index contributed by atoms with van der Waals surface area (Å²) in [6, 6.07) is 10.1. The molecule has 0 amide bonds. The van der Waals surface area contributed by atoms with Crippen LogP contribution in [0, 0.1) is 0 Å². The molecule has 1 aliphatic carbocycles. The summed E-state index contributed by atoms with van der Waals surface area (Å²) >= 11 is 0. The molecule has 0 heterocycles. The van der Waals surface area contributed by atoms with E-state index < -0.39 is 0 Å². The van der Waals surface area contributed by atoms with Gasteiger partial charge in [-0.15, -0.1) is 0 Å². The van der Waals surface area contributed by atoms with E-state index in [4.69, 9.17) is 9.47 Å². The maximum absolute atomic E-state index is 12.2. The van der Waals surface area contributed by atoms with E-state index in [2.05, 4.69) is 25.3 Å². The number of esters is 2. The van der Waals surface area contributed by atoms with Gasteiger partial charge in [0, 0.05) is 0 Å². The molecule has 0 aromatic heterocycles. The van der Waals surface area contributed by atoms with Crippen molar-refractivity contribution in [2.75, 3.05) is 13.7 Å². The van der Waals surface area contributed by atoms with Gasteiger partial charge in [-0.05, 0) is 55.4 Å². The topological polar surface area (TPSA) is 52.6 Å². The van der Waals surface area contributed by atoms with Crippen LogP contribution in [-0.2, 0) is 25.5 Å². The first-order valence-electron chi connectivity index (χ1n) is 9.87. The van der Waals surface area contributed by atoms with Crippen molar-refractivity contribution >= 4 is 11.9 Å². The van der Waals surface area contributed by atoms with Crippen LogP contribution in [0.25, 0.3) is 0 Å². The molecule has 1 aromatic rings. The summed E-state index contributed by atoms with van der Waals surface area (Å²) in [5.41, 5.74) is 6.79. The van der Waals surface area contributed by atoms with Crippen molar-refractivity contribution in [3.05, 3.63) is 82.5 Å². The van der Waals surface area contributed by atoms with E-state index in [1.165, 1.54) is 7.11 Å². The molecule has 0 spiro atoms. The molecular formula is C25H30O4. The number of allylic oxidation sites excluding steroid dienone is 4. The minimum Gasteiger partial charge on any atom is -0.469 e. The first-order chi connectivity index (χ1) is 13.8. The SMILES string of the molecule is C=C1CC(Cc2ccccc2)=C(CC(=O)OC)C(C(=C)C)=C(CC(=O)OCC)C1. The van der Waals surface area contributed by atoms with Gasteiger partial charge in [0.2, 0.25) is 0 Å². The summed E-state index contributed by atoms with van der Waals surface area (Å²) < 4.78 is 10.1. The Morgan fingerprint density at radius 3 is 2.28 bits per heavy atom. The zero-order valence-corrected chi connectivity index (χ0v) is 17.7. The third kappa shape index (κ3) is 6.31. The van der Waals surface area contributed by atoms with Gasteiger partial charge < -0.3 is 9.47 Å². The summed E-state index contributed by atoms with van der Waals surface area (Å²) in [7, 11) is 1.39. The van der Waals surface area contributed by atoms with Gasteiger partial charge in [-0.2, -0.15) is 0 Å². The Morgan fingerprint density at radius 2 is 1.69 bits per heavy atom. The summed E-state index contributed by atoms with van der Waals surface area (Å²) in [6.45, 7) is 12.4. The molecule has 29 heavy (non-hydrogen) atoms. The molecule has 0 N–H and O–H groups in total. The molecule has 0 fully saturated rings. The van der Waals surface area contributed by atoms with Crippen molar-refractivity contribution in [2.45, 2.75) is 46.0 Å². The summed E-state index contributed by atoms with van der Waals surface area (Å²) in [4.78, 5) is 24.5. The van der Waals surface area contributed by atoms with Gasteiger partial charge >= 0.3 is 11.9 Å². The number of benzene rings is 1. The Labute approximate surface area is 173 Å². The fourth-order valence-corrected chi connectivity index (χ4v) is 3.79. The van der Waals surface area contributed by atoms with Crippen molar-refractivity contribution in [3.63, 3.8) is 0 Å². The minimum atomic E-state index is -0.313. The van der Waals surface area contributed by atoms with Crippen LogP contribution < -0.4 is 0 Å². The lowest BCUT2D eigenvalue weighted by Crippen LogP contribution is -2.11. The summed E-state index contributed by atoms with van der Waals surface area (Å²) in [5, 5.41) is 0. The maximum atomic E-state index is 12.2. The molecule has 0 saturated carbocycles. The smallest absolute Gasteiger partial charge is 0.309 e. The number of carbonyl (C=O) groups excluding carboxylic acids is 2. The van der Waals surface area contributed by atoms with E-state index in [0.717, 1.165) is 39.0 Å². The van der Waals surface area contributed by atoms with E-state index in [1.54, 1.807) is 6.92 Å². The molecule has 1 aromatic carbocycles. The van der Waals surface area contributed by atoms with Crippen LogP contribution in [0.5, 0.6) is 0 Å². The molecule has 0 atom stereocenters. The molecule has 4 heteroatoms. The number of rotatable bonds is 8. The van der Waals surface area contributed by atoms with Crippen molar-refractivity contribution < 1.29 is 19.1 Å². The van der Waals surface area contributed by atoms with Crippen molar-refractivity contribution in [1.29, 1.82) is 0 Å². The molecular weight excluding hydrogens is 364 g/mol. The van der Waals surface area contributed by atoms with Crippen LogP contribution in [0.4, 0.5) is 0 Å².